The van der Waals surface area contributed by atoms with Crippen LogP contribution in [0.5, 0.6) is 0 Å². The molecule has 0 heterocycles. The fourth-order valence-corrected chi connectivity index (χ4v) is 0. The Kier molecular flexibility index (Phi) is 9.67. The lowest BCUT2D eigenvalue weighted by Gasteiger charge is -1.93. The van der Waals surface area contributed by atoms with Crippen LogP contribution in [0.3, 0.4) is 0 Å². The minimum atomic E-state index is 0.255. The maximum atomic E-state index is 9.81. The molecule has 0 fully saturated rings. The molecule has 10 heavy (non-hydrogen) atoms. The second kappa shape index (κ2) is 8.14. The summed E-state index contributed by atoms with van der Waals surface area (Å²) in [5.41, 5.74) is 0. The first-order valence-corrected chi connectivity index (χ1v) is 3.15. The third-order valence-corrected chi connectivity index (χ3v) is 0.709. The quantitative estimate of drug-likeness (QED) is 0.536. The van der Waals surface area contributed by atoms with E-state index in [1.54, 1.807) is 21.0 Å². The molecule has 0 aromatic carbocycles. The molecule has 0 aromatic rings. The summed E-state index contributed by atoms with van der Waals surface area (Å²) in [6.45, 7) is 3.43. The molecule has 0 aliphatic heterocycles. The normalized spacial score (nSPS) is 7.20. The topological polar surface area (TPSA) is 37.4 Å². The molecule has 0 rings (SSSR count). The highest BCUT2D eigenvalue weighted by molar-refractivity contribution is 5.74. The van der Waals surface area contributed by atoms with Crippen LogP contribution in [-0.2, 0) is 9.59 Å². The zero-order valence-corrected chi connectivity index (χ0v) is 7.05. The number of Topliss-reactive ketones (excluding diaryl/α,β-unsaturated/α-hetero) is 1. The van der Waals surface area contributed by atoms with E-state index in [0.717, 1.165) is 6.41 Å². The van der Waals surface area contributed by atoms with Crippen LogP contribution in [0.1, 0.15) is 20.3 Å². The third-order valence-electron chi connectivity index (χ3n) is 0.709. The van der Waals surface area contributed by atoms with E-state index in [1.165, 1.54) is 4.90 Å². The smallest absolute Gasteiger partial charge is 0.209 e. The highest BCUT2D eigenvalue weighted by Gasteiger charge is 1.76. The molecule has 0 aliphatic carbocycles. The summed E-state index contributed by atoms with van der Waals surface area (Å²) in [7, 11) is 3.38. The molecule has 1 amide bonds. The maximum Gasteiger partial charge on any atom is 0.209 e. The number of hydrogen-bond donors (Lipinski definition) is 0. The van der Waals surface area contributed by atoms with Crippen molar-refractivity contribution in [2.24, 2.45) is 0 Å². The van der Waals surface area contributed by atoms with Gasteiger partial charge in [-0.25, -0.2) is 0 Å². The summed E-state index contributed by atoms with van der Waals surface area (Å²) in [6, 6.07) is 0. The summed E-state index contributed by atoms with van der Waals surface area (Å²) in [5.74, 6) is 0.255. The van der Waals surface area contributed by atoms with Crippen LogP contribution in [0.2, 0.25) is 0 Å². The summed E-state index contributed by atoms with van der Waals surface area (Å²) in [6.07, 6.45) is 1.42. The van der Waals surface area contributed by atoms with Crippen molar-refractivity contribution in [2.75, 3.05) is 14.1 Å². The first-order chi connectivity index (χ1) is 4.54. The fraction of sp³-hybridized carbons (Fsp3) is 0.714. The predicted octanol–water partition coefficient (Wildman–Crippen LogP) is 0.690. The highest BCUT2D eigenvalue weighted by atomic mass is 16.1. The van der Waals surface area contributed by atoms with E-state index >= 15 is 0 Å². The second-order valence-electron chi connectivity index (χ2n) is 2.12. The summed E-state index contributed by atoms with van der Waals surface area (Å²) in [5, 5.41) is 0. The van der Waals surface area contributed by atoms with E-state index in [9.17, 15) is 9.59 Å². The van der Waals surface area contributed by atoms with Gasteiger partial charge in [-0.3, -0.25) is 4.79 Å². The number of nitrogens with zero attached hydrogens (tertiary/aromatic N) is 1. The van der Waals surface area contributed by atoms with Crippen molar-refractivity contribution in [2.45, 2.75) is 20.3 Å². The monoisotopic (exact) mass is 145 g/mol. The van der Waals surface area contributed by atoms with E-state index in [0.29, 0.717) is 6.42 Å². The number of carbonyl (C=O) groups is 2. The van der Waals surface area contributed by atoms with Gasteiger partial charge in [0, 0.05) is 20.5 Å². The minimum Gasteiger partial charge on any atom is -0.351 e. The number of amides is 1. The van der Waals surface area contributed by atoms with Crippen molar-refractivity contribution in [1.29, 1.82) is 0 Å². The molecule has 0 N–H and O–H groups in total. The van der Waals surface area contributed by atoms with E-state index in [2.05, 4.69) is 0 Å². The zero-order valence-electron chi connectivity index (χ0n) is 7.05. The molecule has 0 unspecified atom stereocenters. The Labute approximate surface area is 62.0 Å². The van der Waals surface area contributed by atoms with Gasteiger partial charge in [0.05, 0.1) is 0 Å². The Bertz CT molecular complexity index is 99.8. The first kappa shape index (κ1) is 11.9. The Morgan fingerprint density at radius 2 is 1.70 bits per heavy atom. The van der Waals surface area contributed by atoms with Crippen molar-refractivity contribution in [1.82, 2.24) is 4.90 Å². The maximum absolute atomic E-state index is 9.81. The molecular formula is C7H15NO2. The van der Waals surface area contributed by atoms with Gasteiger partial charge in [-0.15, -0.1) is 0 Å². The lowest BCUT2D eigenvalue weighted by atomic mass is 10.4. The summed E-state index contributed by atoms with van der Waals surface area (Å²) in [4.78, 5) is 20.7. The Hall–Kier alpha value is -0.860. The lowest BCUT2D eigenvalue weighted by molar-refractivity contribution is -0.117. The molecule has 0 saturated heterocycles. The van der Waals surface area contributed by atoms with E-state index in [-0.39, 0.29) is 5.78 Å². The molecular weight excluding hydrogens is 130 g/mol. The second-order valence-corrected chi connectivity index (χ2v) is 2.12. The molecule has 0 radical (unpaired) electrons. The molecule has 0 bridgehead atoms. The molecule has 0 atom stereocenters. The molecule has 3 nitrogen and oxygen atoms in total. The van der Waals surface area contributed by atoms with Crippen molar-refractivity contribution < 1.29 is 9.59 Å². The van der Waals surface area contributed by atoms with Gasteiger partial charge >= 0.3 is 0 Å². The van der Waals surface area contributed by atoms with Crippen molar-refractivity contribution in [3.63, 3.8) is 0 Å². The molecule has 0 aromatic heterocycles. The Morgan fingerprint density at radius 3 is 1.70 bits per heavy atom. The lowest BCUT2D eigenvalue weighted by Crippen LogP contribution is -2.06. The van der Waals surface area contributed by atoms with E-state index in [1.807, 2.05) is 6.92 Å². The molecule has 3 heteroatoms. The van der Waals surface area contributed by atoms with Crippen LogP contribution < -0.4 is 0 Å². The highest BCUT2D eigenvalue weighted by Crippen LogP contribution is 1.71. The van der Waals surface area contributed by atoms with Gasteiger partial charge in [0.1, 0.15) is 5.78 Å². The average molecular weight is 145 g/mol. The van der Waals surface area contributed by atoms with Crippen molar-refractivity contribution >= 4 is 12.2 Å². The standard InChI is InChI=1S/C4H8O.C3H7NO/c1-3-4(2)5;1-4(2)3-5/h3H2,1-2H3;3H,1-2H3. The number of rotatable bonds is 2. The molecule has 0 saturated carbocycles. The van der Waals surface area contributed by atoms with Gasteiger partial charge in [0.25, 0.3) is 0 Å². The molecule has 0 aliphatic rings. The zero-order chi connectivity index (χ0) is 8.57. The van der Waals surface area contributed by atoms with Crippen LogP contribution >= 0.6 is 0 Å². The molecule has 0 spiro atoms. The Balaban J connectivity index is 0. The largest absolute Gasteiger partial charge is 0.351 e. The van der Waals surface area contributed by atoms with Crippen LogP contribution in [-0.4, -0.2) is 31.2 Å². The third kappa shape index (κ3) is 27.3. The van der Waals surface area contributed by atoms with Gasteiger partial charge in [-0.05, 0) is 6.92 Å². The number of ketones is 1. The number of carbonyl (C=O) groups excluding carboxylic acids is 2. The minimum absolute atomic E-state index is 0.255. The fourth-order valence-electron chi connectivity index (χ4n) is 0. The SMILES string of the molecule is CCC(C)=O.CN(C)C=O. The van der Waals surface area contributed by atoms with Gasteiger partial charge in [0.15, 0.2) is 0 Å². The van der Waals surface area contributed by atoms with Gasteiger partial charge < -0.3 is 9.69 Å². The average Bonchev–Trinajstić information content (AvgIpc) is 1.89. The summed E-state index contributed by atoms with van der Waals surface area (Å²) < 4.78 is 0. The van der Waals surface area contributed by atoms with Gasteiger partial charge in [0.2, 0.25) is 6.41 Å². The first-order valence-electron chi connectivity index (χ1n) is 3.15. The Morgan fingerprint density at radius 1 is 1.50 bits per heavy atom. The van der Waals surface area contributed by atoms with Crippen LogP contribution in [0.15, 0.2) is 0 Å². The van der Waals surface area contributed by atoms with E-state index in [4.69, 9.17) is 0 Å². The molecule has 60 valence electrons. The van der Waals surface area contributed by atoms with Crippen molar-refractivity contribution in [3.05, 3.63) is 0 Å². The predicted molar refractivity (Wildman–Crippen MR) is 40.7 cm³/mol. The van der Waals surface area contributed by atoms with E-state index < -0.39 is 0 Å². The van der Waals surface area contributed by atoms with Gasteiger partial charge in [-0.1, -0.05) is 6.92 Å². The number of hydrogen-bond acceptors (Lipinski definition) is 2. The van der Waals surface area contributed by atoms with Crippen LogP contribution in [0.25, 0.3) is 0 Å². The van der Waals surface area contributed by atoms with Crippen LogP contribution in [0.4, 0.5) is 0 Å². The van der Waals surface area contributed by atoms with Crippen LogP contribution in [0, 0.1) is 0 Å². The summed E-state index contributed by atoms with van der Waals surface area (Å²) >= 11 is 0. The van der Waals surface area contributed by atoms with Gasteiger partial charge in [-0.2, -0.15) is 0 Å². The van der Waals surface area contributed by atoms with Crippen molar-refractivity contribution in [3.8, 4) is 0 Å².